The largest absolute Gasteiger partial charge is 0.513 e. The van der Waals surface area contributed by atoms with Gasteiger partial charge in [0.1, 0.15) is 5.75 Å². The van der Waals surface area contributed by atoms with Crippen LogP contribution in [0.5, 0.6) is 5.75 Å². The molecule has 3 aromatic rings. The van der Waals surface area contributed by atoms with Crippen molar-refractivity contribution in [3.8, 4) is 5.75 Å². The third-order valence-electron chi connectivity index (χ3n) is 4.46. The molecule has 170 valence electrons. The van der Waals surface area contributed by atoms with Crippen LogP contribution in [0.2, 0.25) is 10.0 Å². The number of anilines is 1. The molecule has 0 radical (unpaired) electrons. The van der Waals surface area contributed by atoms with Gasteiger partial charge in [0.2, 0.25) is 0 Å². The number of nitrogens with one attached hydrogen (secondary N) is 2. The molecule has 2 amide bonds. The fraction of sp³-hybridized carbons (Fsp3) is 0.125. The van der Waals surface area contributed by atoms with Gasteiger partial charge in [-0.25, -0.2) is 4.79 Å². The molecule has 3 aromatic carbocycles. The smallest absolute Gasteiger partial charge is 0.434 e. The van der Waals surface area contributed by atoms with Gasteiger partial charge in [0.15, 0.2) is 0 Å². The normalized spacial score (nSPS) is 10.3. The molecular weight excluding hydrogens is 467 g/mol. The third-order valence-corrected chi connectivity index (χ3v) is 5.02. The van der Waals surface area contributed by atoms with Gasteiger partial charge in [-0.2, -0.15) is 0 Å². The maximum atomic E-state index is 12.7. The summed E-state index contributed by atoms with van der Waals surface area (Å²) in [6, 6.07) is 17.7. The number of halogens is 2. The average molecular weight is 487 g/mol. The van der Waals surface area contributed by atoms with Gasteiger partial charge in [-0.05, 0) is 61.0 Å². The molecule has 0 aliphatic heterocycles. The van der Waals surface area contributed by atoms with E-state index in [1.807, 2.05) is 0 Å². The van der Waals surface area contributed by atoms with Crippen LogP contribution >= 0.6 is 23.2 Å². The van der Waals surface area contributed by atoms with E-state index in [1.165, 1.54) is 30.3 Å². The van der Waals surface area contributed by atoms with E-state index in [9.17, 15) is 14.4 Å². The number of amides is 2. The summed E-state index contributed by atoms with van der Waals surface area (Å²) in [4.78, 5) is 36.5. The third kappa shape index (κ3) is 6.71. The van der Waals surface area contributed by atoms with Crippen molar-refractivity contribution in [2.24, 2.45) is 0 Å². The summed E-state index contributed by atoms with van der Waals surface area (Å²) in [6.07, 6.45) is -0.813. The number of benzene rings is 3. The van der Waals surface area contributed by atoms with E-state index in [1.54, 1.807) is 43.3 Å². The quantitative estimate of drug-likeness (QED) is 0.329. The second-order valence-electron chi connectivity index (χ2n) is 6.73. The highest BCUT2D eigenvalue weighted by Crippen LogP contribution is 2.23. The second kappa shape index (κ2) is 11.4. The van der Waals surface area contributed by atoms with Crippen LogP contribution in [0.3, 0.4) is 0 Å². The zero-order chi connectivity index (χ0) is 23.8. The number of hydrogen-bond donors (Lipinski definition) is 2. The molecule has 0 atom stereocenters. The van der Waals surface area contributed by atoms with Crippen molar-refractivity contribution < 1.29 is 23.9 Å². The minimum atomic E-state index is -0.813. The first-order chi connectivity index (χ1) is 15.9. The molecule has 2 N–H and O–H groups in total. The lowest BCUT2D eigenvalue weighted by Crippen LogP contribution is -2.24. The molecule has 33 heavy (non-hydrogen) atoms. The molecule has 3 rings (SSSR count). The predicted octanol–water partition coefficient (Wildman–Crippen LogP) is 5.71. The molecule has 0 fully saturated rings. The van der Waals surface area contributed by atoms with E-state index in [2.05, 4.69) is 10.6 Å². The average Bonchev–Trinajstić information content (AvgIpc) is 2.80. The summed E-state index contributed by atoms with van der Waals surface area (Å²) in [5.74, 6) is -0.493. The maximum absolute atomic E-state index is 12.7. The maximum Gasteiger partial charge on any atom is 0.513 e. The Morgan fingerprint density at radius 1 is 0.909 bits per heavy atom. The van der Waals surface area contributed by atoms with Gasteiger partial charge in [0, 0.05) is 22.8 Å². The molecule has 0 saturated heterocycles. The van der Waals surface area contributed by atoms with Crippen molar-refractivity contribution in [1.29, 1.82) is 0 Å². The van der Waals surface area contributed by atoms with E-state index in [0.717, 1.165) is 0 Å². The summed E-state index contributed by atoms with van der Waals surface area (Å²) in [7, 11) is 0. The van der Waals surface area contributed by atoms with Gasteiger partial charge in [-0.1, -0.05) is 41.4 Å². The van der Waals surface area contributed by atoms with Crippen molar-refractivity contribution in [2.75, 3.05) is 11.9 Å². The Balaban J connectivity index is 1.64. The number of ether oxygens (including phenoxy) is 2. The van der Waals surface area contributed by atoms with Crippen molar-refractivity contribution in [3.63, 3.8) is 0 Å². The molecule has 0 aromatic heterocycles. The molecule has 0 saturated carbocycles. The van der Waals surface area contributed by atoms with Crippen LogP contribution in [0.15, 0.2) is 66.7 Å². The lowest BCUT2D eigenvalue weighted by molar-refractivity contribution is 0.0950. The lowest BCUT2D eigenvalue weighted by atomic mass is 10.1. The number of carbonyl (C=O) groups excluding carboxylic acids is 3. The molecule has 9 heteroatoms. The Hall–Kier alpha value is -3.55. The van der Waals surface area contributed by atoms with E-state index in [0.29, 0.717) is 21.8 Å². The van der Waals surface area contributed by atoms with Crippen molar-refractivity contribution in [3.05, 3.63) is 93.5 Å². The van der Waals surface area contributed by atoms with Crippen molar-refractivity contribution in [1.82, 2.24) is 5.32 Å². The Labute approximate surface area is 200 Å². The number of para-hydroxylation sites is 1. The van der Waals surface area contributed by atoms with Crippen LogP contribution in [0.4, 0.5) is 10.5 Å². The van der Waals surface area contributed by atoms with E-state index in [4.69, 9.17) is 32.7 Å². The lowest BCUT2D eigenvalue weighted by Gasteiger charge is -2.13. The van der Waals surface area contributed by atoms with E-state index >= 15 is 0 Å². The monoisotopic (exact) mass is 486 g/mol. The molecule has 0 spiro atoms. The summed E-state index contributed by atoms with van der Waals surface area (Å²) in [5.41, 5.74) is 1.84. The summed E-state index contributed by atoms with van der Waals surface area (Å²) in [6.45, 7) is 2.04. The van der Waals surface area contributed by atoms with Gasteiger partial charge in [-0.3, -0.25) is 9.59 Å². The van der Waals surface area contributed by atoms with E-state index in [-0.39, 0.29) is 35.4 Å². The van der Waals surface area contributed by atoms with Crippen LogP contribution in [0.1, 0.15) is 33.2 Å². The van der Waals surface area contributed by atoms with Crippen molar-refractivity contribution in [2.45, 2.75) is 13.5 Å². The number of carbonyl (C=O) groups is 3. The predicted molar refractivity (Wildman–Crippen MR) is 126 cm³/mol. The summed E-state index contributed by atoms with van der Waals surface area (Å²) in [5, 5.41) is 6.27. The summed E-state index contributed by atoms with van der Waals surface area (Å²) >= 11 is 12.1. The topological polar surface area (TPSA) is 93.7 Å². The molecule has 0 aliphatic rings. The Kier molecular flexibility index (Phi) is 8.29. The van der Waals surface area contributed by atoms with Crippen LogP contribution in [0, 0.1) is 0 Å². The fourth-order valence-electron chi connectivity index (χ4n) is 2.85. The van der Waals surface area contributed by atoms with Crippen LogP contribution in [-0.2, 0) is 11.3 Å². The highest BCUT2D eigenvalue weighted by molar-refractivity contribution is 6.36. The Morgan fingerprint density at radius 3 is 2.36 bits per heavy atom. The van der Waals surface area contributed by atoms with Gasteiger partial charge in [0.25, 0.3) is 11.8 Å². The Bertz CT molecular complexity index is 1170. The van der Waals surface area contributed by atoms with Crippen molar-refractivity contribution >= 4 is 46.9 Å². The van der Waals surface area contributed by atoms with Crippen LogP contribution in [-0.4, -0.2) is 24.6 Å². The first-order valence-electron chi connectivity index (χ1n) is 9.94. The standard InChI is InChI=1S/C24H20Cl2N2O5/c1-2-32-24(31)33-18-10-7-15(8-11-18)22(29)27-14-16-5-3-4-6-21(16)28-23(30)19-13-17(25)9-12-20(19)26/h3-13H,2,14H2,1H3,(H,27,29)(H,28,30). The van der Waals surface area contributed by atoms with Gasteiger partial charge in [0.05, 0.1) is 17.2 Å². The highest BCUT2D eigenvalue weighted by Gasteiger charge is 2.14. The molecule has 0 bridgehead atoms. The van der Waals surface area contributed by atoms with Gasteiger partial charge in [-0.15, -0.1) is 0 Å². The number of rotatable bonds is 7. The molecular formula is C24H20Cl2N2O5. The van der Waals surface area contributed by atoms with Gasteiger partial charge < -0.3 is 20.1 Å². The summed E-state index contributed by atoms with van der Waals surface area (Å²) < 4.78 is 9.68. The van der Waals surface area contributed by atoms with E-state index < -0.39 is 12.1 Å². The second-order valence-corrected chi connectivity index (χ2v) is 7.57. The first kappa shape index (κ1) is 24.1. The van der Waals surface area contributed by atoms with Crippen LogP contribution in [0.25, 0.3) is 0 Å². The molecule has 0 heterocycles. The zero-order valence-corrected chi connectivity index (χ0v) is 19.1. The Morgan fingerprint density at radius 2 is 1.64 bits per heavy atom. The highest BCUT2D eigenvalue weighted by atomic mass is 35.5. The molecule has 0 unspecified atom stereocenters. The molecule has 0 aliphatic carbocycles. The minimum Gasteiger partial charge on any atom is -0.434 e. The SMILES string of the molecule is CCOC(=O)Oc1ccc(C(=O)NCc2ccccc2NC(=O)c2cc(Cl)ccc2Cl)cc1. The van der Waals surface area contributed by atoms with Crippen LogP contribution < -0.4 is 15.4 Å². The van der Waals surface area contributed by atoms with Gasteiger partial charge >= 0.3 is 6.16 Å². The molecule has 7 nitrogen and oxygen atoms in total. The minimum absolute atomic E-state index is 0.166. The number of hydrogen-bond acceptors (Lipinski definition) is 5. The zero-order valence-electron chi connectivity index (χ0n) is 17.6. The fourth-order valence-corrected chi connectivity index (χ4v) is 3.23. The first-order valence-corrected chi connectivity index (χ1v) is 10.7.